The first-order valence-electron chi connectivity index (χ1n) is 12.0. The smallest absolute Gasteiger partial charge is 0.108 e. The van der Waals surface area contributed by atoms with Crippen molar-refractivity contribution in [2.24, 2.45) is 0 Å². The summed E-state index contributed by atoms with van der Waals surface area (Å²) in [4.78, 5) is 9.85. The topological polar surface area (TPSA) is 25.8 Å². The first-order chi connectivity index (χ1) is 17.3. The molecule has 2 nitrogen and oxygen atoms in total. The minimum Gasteiger partial charge on any atom is -0.301 e. The molecule has 0 aliphatic carbocycles. The molecule has 2 radical (unpaired) electrons. The summed E-state index contributed by atoms with van der Waals surface area (Å²) in [5.74, 6) is 0. The van der Waals surface area contributed by atoms with E-state index in [1.165, 1.54) is 10.6 Å². The fourth-order valence-corrected chi connectivity index (χ4v) is 6.73. The monoisotopic (exact) mass is 664 g/mol. The SMILES string of the molecule is [Ir].[c-]1ccccc1-c1cccc(C[CH]Cc2cccc(C[PH+](c3ccccc3)c3ccccc3)n2)n1. The predicted molar refractivity (Wildman–Crippen MR) is 149 cm³/mol. The fourth-order valence-electron chi connectivity index (χ4n) is 4.24. The zero-order valence-electron chi connectivity index (χ0n) is 20.0. The number of nitrogens with zero attached hydrogens (tertiary/aromatic N) is 2. The van der Waals surface area contributed by atoms with Crippen molar-refractivity contribution in [2.75, 3.05) is 0 Å². The van der Waals surface area contributed by atoms with E-state index in [1.54, 1.807) is 0 Å². The summed E-state index contributed by atoms with van der Waals surface area (Å²) in [6.45, 7) is 0. The molecule has 0 saturated heterocycles. The third kappa shape index (κ3) is 7.05. The number of rotatable bonds is 9. The van der Waals surface area contributed by atoms with E-state index >= 15 is 0 Å². The van der Waals surface area contributed by atoms with Gasteiger partial charge in [0.15, 0.2) is 0 Å². The second-order valence-electron chi connectivity index (χ2n) is 8.49. The van der Waals surface area contributed by atoms with Crippen molar-refractivity contribution in [1.82, 2.24) is 9.97 Å². The predicted octanol–water partition coefficient (Wildman–Crippen LogP) is 6.30. The van der Waals surface area contributed by atoms with Crippen LogP contribution in [-0.4, -0.2) is 9.97 Å². The van der Waals surface area contributed by atoms with Crippen molar-refractivity contribution in [1.29, 1.82) is 0 Å². The second kappa shape index (κ2) is 13.4. The Balaban J connectivity index is 0.00000304. The van der Waals surface area contributed by atoms with Crippen molar-refractivity contribution in [3.05, 3.63) is 151 Å². The standard InChI is InChI=1S/C32H27N2P.Ir/c1-4-13-26(14-5-1)32-24-12-18-28(34-32)17-10-15-27-16-11-19-29(33-27)25-35(30-20-6-2-7-21-30)31-22-8-3-9-23-31;/h1-13,16,18-24H,15,17,25H2;/q-1;/p+1. The molecule has 5 aromatic rings. The zero-order valence-corrected chi connectivity index (χ0v) is 23.4. The van der Waals surface area contributed by atoms with Gasteiger partial charge < -0.3 is 4.98 Å². The molecule has 0 N–H and O–H groups in total. The van der Waals surface area contributed by atoms with Crippen LogP contribution in [-0.2, 0) is 39.1 Å². The second-order valence-corrected chi connectivity index (χ2v) is 11.0. The molecule has 0 aliphatic heterocycles. The van der Waals surface area contributed by atoms with Crippen molar-refractivity contribution < 1.29 is 20.1 Å². The van der Waals surface area contributed by atoms with Gasteiger partial charge in [-0.25, -0.2) is 0 Å². The molecule has 4 heteroatoms. The Bertz CT molecular complexity index is 1310. The van der Waals surface area contributed by atoms with Crippen LogP contribution in [0.2, 0.25) is 0 Å². The van der Waals surface area contributed by atoms with Gasteiger partial charge in [0.05, 0.1) is 24.2 Å². The van der Waals surface area contributed by atoms with Crippen LogP contribution in [0.1, 0.15) is 17.1 Å². The van der Waals surface area contributed by atoms with Gasteiger partial charge in [0.25, 0.3) is 0 Å². The molecule has 3 aromatic carbocycles. The van der Waals surface area contributed by atoms with Crippen LogP contribution in [0.15, 0.2) is 121 Å². The van der Waals surface area contributed by atoms with Crippen LogP contribution < -0.4 is 10.6 Å². The van der Waals surface area contributed by atoms with E-state index in [4.69, 9.17) is 9.97 Å². The molecule has 0 fully saturated rings. The largest absolute Gasteiger partial charge is 0.301 e. The van der Waals surface area contributed by atoms with Crippen LogP contribution in [0.4, 0.5) is 0 Å². The van der Waals surface area contributed by atoms with Crippen LogP contribution in [0.25, 0.3) is 11.3 Å². The molecule has 0 aliphatic rings. The summed E-state index contributed by atoms with van der Waals surface area (Å²) >= 11 is 0. The number of benzene rings is 3. The van der Waals surface area contributed by atoms with Crippen molar-refractivity contribution in [3.8, 4) is 11.3 Å². The number of hydrogen-bond acceptors (Lipinski definition) is 2. The molecule has 0 spiro atoms. The quantitative estimate of drug-likeness (QED) is 0.137. The number of hydrogen-bond donors (Lipinski definition) is 0. The van der Waals surface area contributed by atoms with Gasteiger partial charge in [0.1, 0.15) is 6.16 Å². The summed E-state index contributed by atoms with van der Waals surface area (Å²) in [7, 11) is -0.948. The van der Waals surface area contributed by atoms with Gasteiger partial charge in [-0.3, -0.25) is 4.98 Å². The molecular weight excluding hydrogens is 636 g/mol. The van der Waals surface area contributed by atoms with Crippen molar-refractivity contribution in [3.63, 3.8) is 0 Å². The minimum atomic E-state index is -0.948. The molecule has 0 amide bonds. The van der Waals surface area contributed by atoms with E-state index in [0.717, 1.165) is 47.3 Å². The molecule has 0 bridgehead atoms. The van der Waals surface area contributed by atoms with Gasteiger partial charge >= 0.3 is 0 Å². The van der Waals surface area contributed by atoms with E-state index in [9.17, 15) is 0 Å². The first kappa shape index (κ1) is 26.1. The third-order valence-electron chi connectivity index (χ3n) is 5.97. The minimum absolute atomic E-state index is 0. The van der Waals surface area contributed by atoms with Gasteiger partial charge in [-0.2, -0.15) is 0 Å². The maximum atomic E-state index is 5.03. The number of aromatic nitrogens is 2. The Morgan fingerprint density at radius 3 is 1.81 bits per heavy atom. The molecular formula is C32H28IrN2P. The van der Waals surface area contributed by atoms with Crippen LogP contribution in [0, 0.1) is 12.5 Å². The Morgan fingerprint density at radius 2 is 1.17 bits per heavy atom. The molecule has 5 rings (SSSR count). The maximum absolute atomic E-state index is 5.03. The van der Waals surface area contributed by atoms with Gasteiger partial charge in [-0.05, 0) is 67.4 Å². The van der Waals surface area contributed by atoms with Crippen LogP contribution >= 0.6 is 7.92 Å². The summed E-state index contributed by atoms with van der Waals surface area (Å²) in [6, 6.07) is 45.6. The summed E-state index contributed by atoms with van der Waals surface area (Å²) in [5.41, 5.74) is 5.33. The molecule has 2 aromatic heterocycles. The van der Waals surface area contributed by atoms with Crippen LogP contribution in [0.5, 0.6) is 0 Å². The van der Waals surface area contributed by atoms with Gasteiger partial charge in [-0.15, -0.1) is 35.9 Å². The summed E-state index contributed by atoms with van der Waals surface area (Å²) in [6.07, 6.45) is 4.89. The third-order valence-corrected chi connectivity index (χ3v) is 8.74. The summed E-state index contributed by atoms with van der Waals surface area (Å²) < 4.78 is 0. The van der Waals surface area contributed by atoms with Crippen molar-refractivity contribution in [2.45, 2.75) is 19.0 Å². The Morgan fingerprint density at radius 1 is 0.583 bits per heavy atom. The number of pyridine rings is 2. The molecule has 180 valence electrons. The van der Waals surface area contributed by atoms with E-state index in [0.29, 0.717) is 0 Å². The normalized spacial score (nSPS) is 10.7. The Kier molecular flexibility index (Phi) is 9.70. The van der Waals surface area contributed by atoms with Crippen molar-refractivity contribution >= 4 is 18.5 Å². The van der Waals surface area contributed by atoms with E-state index < -0.39 is 7.92 Å². The summed E-state index contributed by atoms with van der Waals surface area (Å²) in [5, 5.41) is 2.84. The average Bonchev–Trinajstić information content (AvgIpc) is 2.94. The van der Waals surface area contributed by atoms with Gasteiger partial charge in [0, 0.05) is 31.5 Å². The van der Waals surface area contributed by atoms with E-state index in [1.807, 2.05) is 30.3 Å². The van der Waals surface area contributed by atoms with E-state index in [2.05, 4.69) is 103 Å². The molecule has 0 atom stereocenters. The van der Waals surface area contributed by atoms with Gasteiger partial charge in [-0.1, -0.05) is 54.6 Å². The maximum Gasteiger partial charge on any atom is 0.108 e. The first-order valence-corrected chi connectivity index (χ1v) is 13.7. The fraction of sp³-hybridized carbons (Fsp3) is 0.0938. The molecule has 2 heterocycles. The van der Waals surface area contributed by atoms with E-state index in [-0.39, 0.29) is 20.1 Å². The van der Waals surface area contributed by atoms with Gasteiger partial charge in [0.2, 0.25) is 0 Å². The van der Waals surface area contributed by atoms with Crippen LogP contribution in [0.3, 0.4) is 0 Å². The Hall–Kier alpha value is -2.96. The molecule has 0 unspecified atom stereocenters. The average molecular weight is 664 g/mol. The molecule has 36 heavy (non-hydrogen) atoms. The zero-order chi connectivity index (χ0) is 23.7. The Labute approximate surface area is 229 Å². The molecule has 0 saturated carbocycles.